The fraction of sp³-hybridized carbons (Fsp3) is 0.462. The van der Waals surface area contributed by atoms with Gasteiger partial charge in [-0.3, -0.25) is 24.1 Å². The van der Waals surface area contributed by atoms with E-state index in [1.807, 2.05) is 4.72 Å². The average Bonchev–Trinajstić information content (AvgIpc) is 3.19. The zero-order valence-corrected chi connectivity index (χ0v) is 23.7. The normalized spacial score (nSPS) is 14.2. The summed E-state index contributed by atoms with van der Waals surface area (Å²) < 4.78 is 37.2. The lowest BCUT2D eigenvalue weighted by Crippen LogP contribution is -2.46. The molecule has 0 fully saturated rings. The van der Waals surface area contributed by atoms with Crippen molar-refractivity contribution in [2.45, 2.75) is 52.0 Å². The molecule has 1 heterocycles. The van der Waals surface area contributed by atoms with Gasteiger partial charge in [0.15, 0.2) is 0 Å². The van der Waals surface area contributed by atoms with E-state index in [0.717, 1.165) is 23.1 Å². The molecule has 0 aromatic heterocycles. The Hall–Kier alpha value is -4.07. The fourth-order valence-corrected chi connectivity index (χ4v) is 4.39. The zero-order chi connectivity index (χ0) is 30.3. The van der Waals surface area contributed by atoms with Crippen LogP contribution < -0.4 is 10.0 Å². The highest BCUT2D eigenvalue weighted by Crippen LogP contribution is 2.17. The molecule has 1 aromatic rings. The largest absolute Gasteiger partial charge is 0.461 e. The number of imide groups is 1. The molecule has 0 saturated carbocycles. The van der Waals surface area contributed by atoms with Crippen LogP contribution in [0.3, 0.4) is 0 Å². The molecule has 40 heavy (non-hydrogen) atoms. The van der Waals surface area contributed by atoms with Gasteiger partial charge in [0.2, 0.25) is 11.8 Å². The smallest absolute Gasteiger partial charge is 0.338 e. The summed E-state index contributed by atoms with van der Waals surface area (Å²) in [5, 5.41) is 2.51. The Kier molecular flexibility index (Phi) is 10.7. The van der Waals surface area contributed by atoms with Gasteiger partial charge in [-0.2, -0.15) is 0 Å². The van der Waals surface area contributed by atoms with Crippen molar-refractivity contribution >= 4 is 45.6 Å². The predicted molar refractivity (Wildman–Crippen MR) is 140 cm³/mol. The van der Waals surface area contributed by atoms with Crippen molar-refractivity contribution in [3.05, 3.63) is 42.0 Å². The summed E-state index contributed by atoms with van der Waals surface area (Å²) in [5.41, 5.74) is -1.06. The average molecular weight is 580 g/mol. The highest BCUT2D eigenvalue weighted by atomic mass is 32.2. The number of esters is 2. The van der Waals surface area contributed by atoms with Gasteiger partial charge in [0.05, 0.1) is 10.5 Å². The maximum atomic E-state index is 12.5. The first-order chi connectivity index (χ1) is 18.5. The molecule has 13 nitrogen and oxygen atoms in total. The Labute approximate surface area is 232 Å². The van der Waals surface area contributed by atoms with Gasteiger partial charge in [0.25, 0.3) is 21.8 Å². The molecular weight excluding hydrogens is 546 g/mol. The van der Waals surface area contributed by atoms with Crippen LogP contribution in [0.2, 0.25) is 0 Å². The van der Waals surface area contributed by atoms with E-state index in [2.05, 4.69) is 5.32 Å². The lowest BCUT2D eigenvalue weighted by atomic mass is 9.96. The first-order valence-corrected chi connectivity index (χ1v) is 13.8. The molecule has 0 spiro atoms. The summed E-state index contributed by atoms with van der Waals surface area (Å²) in [6, 6.07) is 3.87. The van der Waals surface area contributed by atoms with E-state index in [4.69, 9.17) is 9.47 Å². The fourth-order valence-electron chi connectivity index (χ4n) is 3.18. The van der Waals surface area contributed by atoms with Crippen molar-refractivity contribution in [3.63, 3.8) is 0 Å². The molecule has 0 unspecified atom stereocenters. The third-order valence-electron chi connectivity index (χ3n) is 5.55. The second-order valence-electron chi connectivity index (χ2n) is 10.2. The standard InChI is InChI=1S/C26H33N3O10S/c1-16(2)22(27-19(30)11-12-29-20(31)9-10-21(29)32)24(34)39-14-13-38-23(33)17-7-6-8-18(15-17)40(36,37)28-25(35)26(3,4)5/h6-10,15-16,22H,11-14H2,1-5H3,(H,27,30)(H,28,35)/t22-/m0/s1. The van der Waals surface area contributed by atoms with Gasteiger partial charge in [0.1, 0.15) is 19.3 Å². The maximum absolute atomic E-state index is 12.5. The summed E-state index contributed by atoms with van der Waals surface area (Å²) in [4.78, 5) is 73.1. The molecule has 218 valence electrons. The van der Waals surface area contributed by atoms with Crippen LogP contribution in [0.4, 0.5) is 0 Å². The molecular formula is C26H33N3O10S. The van der Waals surface area contributed by atoms with Gasteiger partial charge >= 0.3 is 11.9 Å². The third-order valence-corrected chi connectivity index (χ3v) is 6.88. The Bertz CT molecular complexity index is 1290. The number of hydrogen-bond acceptors (Lipinski definition) is 10. The van der Waals surface area contributed by atoms with E-state index in [-0.39, 0.29) is 42.6 Å². The van der Waals surface area contributed by atoms with E-state index >= 15 is 0 Å². The molecule has 14 heteroatoms. The summed E-state index contributed by atoms with van der Waals surface area (Å²) in [6.45, 7) is 7.17. The van der Waals surface area contributed by atoms with Crippen LogP contribution in [0.5, 0.6) is 0 Å². The Morgan fingerprint density at radius 1 is 0.975 bits per heavy atom. The SMILES string of the molecule is CC(C)[C@H](NC(=O)CCN1C(=O)C=CC1=O)C(=O)OCCOC(=O)c1cccc(S(=O)(=O)NC(=O)C(C)(C)C)c1. The van der Waals surface area contributed by atoms with Gasteiger partial charge in [-0.25, -0.2) is 22.7 Å². The molecule has 1 aliphatic rings. The van der Waals surface area contributed by atoms with E-state index in [9.17, 15) is 37.2 Å². The Morgan fingerprint density at radius 2 is 1.57 bits per heavy atom. The minimum Gasteiger partial charge on any atom is -0.461 e. The van der Waals surface area contributed by atoms with Gasteiger partial charge in [-0.15, -0.1) is 0 Å². The summed E-state index contributed by atoms with van der Waals surface area (Å²) in [6.07, 6.45) is 2.00. The van der Waals surface area contributed by atoms with E-state index in [1.165, 1.54) is 18.2 Å². The number of nitrogens with one attached hydrogen (secondary N) is 2. The Balaban J connectivity index is 1.86. The van der Waals surface area contributed by atoms with Crippen LogP contribution in [0.25, 0.3) is 0 Å². The van der Waals surface area contributed by atoms with E-state index < -0.39 is 57.0 Å². The monoisotopic (exact) mass is 579 g/mol. The Morgan fingerprint density at radius 3 is 2.15 bits per heavy atom. The highest BCUT2D eigenvalue weighted by Gasteiger charge is 2.29. The molecule has 1 aromatic carbocycles. The number of sulfonamides is 1. The van der Waals surface area contributed by atoms with E-state index in [1.54, 1.807) is 34.6 Å². The molecule has 4 amide bonds. The number of amides is 4. The van der Waals surface area contributed by atoms with Crippen LogP contribution >= 0.6 is 0 Å². The second-order valence-corrected chi connectivity index (χ2v) is 11.9. The number of ether oxygens (including phenoxy) is 2. The van der Waals surface area contributed by atoms with Crippen LogP contribution in [0, 0.1) is 11.3 Å². The van der Waals surface area contributed by atoms with Crippen LogP contribution in [-0.4, -0.2) is 74.7 Å². The van der Waals surface area contributed by atoms with Crippen LogP contribution in [0.15, 0.2) is 41.3 Å². The second kappa shape index (κ2) is 13.3. The maximum Gasteiger partial charge on any atom is 0.338 e. The van der Waals surface area contributed by atoms with Crippen molar-refractivity contribution in [2.75, 3.05) is 19.8 Å². The van der Waals surface area contributed by atoms with Crippen molar-refractivity contribution in [1.29, 1.82) is 0 Å². The molecule has 0 radical (unpaired) electrons. The number of hydrogen-bond donors (Lipinski definition) is 2. The molecule has 0 aliphatic carbocycles. The summed E-state index contributed by atoms with van der Waals surface area (Å²) in [7, 11) is -4.23. The molecule has 2 rings (SSSR count). The minimum atomic E-state index is -4.23. The quantitative estimate of drug-likeness (QED) is 0.203. The molecule has 2 N–H and O–H groups in total. The lowest BCUT2D eigenvalue weighted by Gasteiger charge is -2.21. The van der Waals surface area contributed by atoms with Crippen LogP contribution in [-0.2, 0) is 43.5 Å². The van der Waals surface area contributed by atoms with Crippen molar-refractivity contribution in [2.24, 2.45) is 11.3 Å². The molecule has 1 atom stereocenters. The predicted octanol–water partition coefficient (Wildman–Crippen LogP) is 0.694. The van der Waals surface area contributed by atoms with Gasteiger partial charge < -0.3 is 14.8 Å². The first kappa shape index (κ1) is 32.1. The third kappa shape index (κ3) is 9.00. The minimum absolute atomic E-state index is 0.102. The molecule has 0 bridgehead atoms. The number of carbonyl (C=O) groups excluding carboxylic acids is 6. The van der Waals surface area contributed by atoms with Crippen molar-refractivity contribution in [1.82, 2.24) is 14.9 Å². The summed E-state index contributed by atoms with van der Waals surface area (Å²) >= 11 is 0. The van der Waals surface area contributed by atoms with Crippen LogP contribution in [0.1, 0.15) is 51.4 Å². The number of nitrogens with zero attached hydrogens (tertiary/aromatic N) is 1. The molecule has 1 aliphatic heterocycles. The van der Waals surface area contributed by atoms with Gasteiger partial charge in [-0.1, -0.05) is 40.7 Å². The lowest BCUT2D eigenvalue weighted by molar-refractivity contribution is -0.150. The highest BCUT2D eigenvalue weighted by molar-refractivity contribution is 7.90. The number of rotatable bonds is 12. The first-order valence-electron chi connectivity index (χ1n) is 12.4. The zero-order valence-electron chi connectivity index (χ0n) is 22.9. The number of benzene rings is 1. The topological polar surface area (TPSA) is 182 Å². The van der Waals surface area contributed by atoms with Crippen molar-refractivity contribution < 1.29 is 46.7 Å². The summed E-state index contributed by atoms with van der Waals surface area (Å²) in [5.74, 6) is -4.35. The number of carbonyl (C=O) groups is 6. The van der Waals surface area contributed by atoms with Gasteiger partial charge in [0, 0.05) is 30.5 Å². The molecule has 0 saturated heterocycles. The van der Waals surface area contributed by atoms with Crippen molar-refractivity contribution in [3.8, 4) is 0 Å². The van der Waals surface area contributed by atoms with E-state index in [0.29, 0.717) is 0 Å². The van der Waals surface area contributed by atoms with Gasteiger partial charge in [-0.05, 0) is 24.1 Å².